The van der Waals surface area contributed by atoms with Crippen LogP contribution in [-0.2, 0) is 14.6 Å². The second-order valence-electron chi connectivity index (χ2n) is 8.51. The standard InChI is InChI=1S/C29H23FN2O5S/c1-19-11-16-26(24(17-19)28(34)20-7-3-2-4-8-20)32-29(35)23-9-5-6-10-25(23)31-27(33)18-38(36,37)22-14-12-21(30)13-15-22/h2-17H,18H2,1H3,(H,31,33)(H,32,35). The van der Waals surface area contributed by atoms with Crippen LogP contribution < -0.4 is 10.6 Å². The van der Waals surface area contributed by atoms with Gasteiger partial charge in [-0.1, -0.05) is 54.1 Å². The summed E-state index contributed by atoms with van der Waals surface area (Å²) in [6.07, 6.45) is 0. The molecule has 0 unspecified atom stereocenters. The monoisotopic (exact) mass is 530 g/mol. The van der Waals surface area contributed by atoms with Crippen molar-refractivity contribution in [3.8, 4) is 0 Å². The number of ketones is 1. The number of nitrogens with one attached hydrogen (secondary N) is 2. The van der Waals surface area contributed by atoms with Gasteiger partial charge in [0.2, 0.25) is 5.91 Å². The topological polar surface area (TPSA) is 109 Å². The number of halogens is 1. The summed E-state index contributed by atoms with van der Waals surface area (Å²) in [6, 6.07) is 23.9. The van der Waals surface area contributed by atoms with Crippen LogP contribution in [0.15, 0.2) is 102 Å². The van der Waals surface area contributed by atoms with Crippen LogP contribution in [0.2, 0.25) is 0 Å². The number of sulfone groups is 1. The van der Waals surface area contributed by atoms with Gasteiger partial charge in [0.15, 0.2) is 15.6 Å². The number of benzene rings is 4. The Balaban J connectivity index is 1.55. The van der Waals surface area contributed by atoms with E-state index in [9.17, 15) is 27.2 Å². The molecule has 0 heterocycles. The number of hydrogen-bond donors (Lipinski definition) is 2. The zero-order valence-corrected chi connectivity index (χ0v) is 21.1. The van der Waals surface area contributed by atoms with Crippen molar-refractivity contribution >= 4 is 38.8 Å². The maximum Gasteiger partial charge on any atom is 0.257 e. The number of rotatable bonds is 8. The fourth-order valence-corrected chi connectivity index (χ4v) is 4.90. The summed E-state index contributed by atoms with van der Waals surface area (Å²) in [6.45, 7) is 1.83. The molecule has 0 atom stereocenters. The van der Waals surface area contributed by atoms with Crippen molar-refractivity contribution in [3.05, 3.63) is 125 Å². The lowest BCUT2D eigenvalue weighted by atomic mass is 9.99. The van der Waals surface area contributed by atoms with Gasteiger partial charge in [-0.05, 0) is 55.5 Å². The zero-order valence-electron chi connectivity index (χ0n) is 20.3. The smallest absolute Gasteiger partial charge is 0.257 e. The first-order valence-electron chi connectivity index (χ1n) is 11.5. The molecule has 0 saturated carbocycles. The van der Waals surface area contributed by atoms with Crippen molar-refractivity contribution in [2.24, 2.45) is 0 Å². The fraction of sp³-hybridized carbons (Fsp3) is 0.0690. The van der Waals surface area contributed by atoms with Gasteiger partial charge in [-0.25, -0.2) is 12.8 Å². The average Bonchev–Trinajstić information content (AvgIpc) is 2.90. The van der Waals surface area contributed by atoms with Crippen LogP contribution in [0.4, 0.5) is 15.8 Å². The maximum atomic E-state index is 13.2. The molecule has 9 heteroatoms. The number of hydrogen-bond acceptors (Lipinski definition) is 5. The van der Waals surface area contributed by atoms with Gasteiger partial charge in [-0.3, -0.25) is 14.4 Å². The van der Waals surface area contributed by atoms with Crippen LogP contribution in [-0.4, -0.2) is 31.8 Å². The number of amides is 2. The highest BCUT2D eigenvalue weighted by Gasteiger charge is 2.22. The van der Waals surface area contributed by atoms with Gasteiger partial charge in [0.25, 0.3) is 5.91 Å². The van der Waals surface area contributed by atoms with Gasteiger partial charge < -0.3 is 10.6 Å². The van der Waals surface area contributed by atoms with Gasteiger partial charge in [0.1, 0.15) is 11.6 Å². The summed E-state index contributed by atoms with van der Waals surface area (Å²) < 4.78 is 38.3. The van der Waals surface area contributed by atoms with E-state index in [4.69, 9.17) is 0 Å². The van der Waals surface area contributed by atoms with Crippen molar-refractivity contribution in [1.82, 2.24) is 0 Å². The largest absolute Gasteiger partial charge is 0.324 e. The summed E-state index contributed by atoms with van der Waals surface area (Å²) >= 11 is 0. The van der Waals surface area contributed by atoms with E-state index < -0.39 is 33.2 Å². The number of carbonyl (C=O) groups is 3. The Labute approximate surface area is 219 Å². The number of carbonyl (C=O) groups excluding carboxylic acids is 3. The van der Waals surface area contributed by atoms with E-state index in [1.54, 1.807) is 60.7 Å². The lowest BCUT2D eigenvalue weighted by molar-refractivity contribution is -0.113. The zero-order chi connectivity index (χ0) is 27.3. The lowest BCUT2D eigenvalue weighted by Crippen LogP contribution is -2.25. The summed E-state index contributed by atoms with van der Waals surface area (Å²) in [5, 5.41) is 5.20. The number of aryl methyl sites for hydroxylation is 1. The second-order valence-corrected chi connectivity index (χ2v) is 10.5. The molecule has 2 N–H and O–H groups in total. The van der Waals surface area contributed by atoms with E-state index in [1.807, 2.05) is 6.92 Å². The fourth-order valence-electron chi connectivity index (χ4n) is 3.76. The molecular weight excluding hydrogens is 507 g/mol. The summed E-state index contributed by atoms with van der Waals surface area (Å²) in [4.78, 5) is 38.8. The molecular formula is C29H23FN2O5S. The molecule has 0 spiro atoms. The highest BCUT2D eigenvalue weighted by molar-refractivity contribution is 7.92. The van der Waals surface area contributed by atoms with Crippen molar-refractivity contribution in [2.45, 2.75) is 11.8 Å². The van der Waals surface area contributed by atoms with Crippen LogP contribution in [0.25, 0.3) is 0 Å². The molecule has 38 heavy (non-hydrogen) atoms. The molecule has 2 amide bonds. The number of para-hydroxylation sites is 1. The van der Waals surface area contributed by atoms with Crippen molar-refractivity contribution < 1.29 is 27.2 Å². The Bertz CT molecular complexity index is 1620. The van der Waals surface area contributed by atoms with E-state index in [-0.39, 0.29) is 27.6 Å². The molecule has 0 fully saturated rings. The van der Waals surface area contributed by atoms with Gasteiger partial charge in [0, 0.05) is 11.1 Å². The Morgan fingerprint density at radius 2 is 1.37 bits per heavy atom. The van der Waals surface area contributed by atoms with E-state index in [1.165, 1.54) is 12.1 Å². The van der Waals surface area contributed by atoms with E-state index in [0.717, 1.165) is 29.8 Å². The molecule has 0 aliphatic rings. The predicted octanol–water partition coefficient (Wildman–Crippen LogP) is 5.03. The Kier molecular flexibility index (Phi) is 7.78. The minimum atomic E-state index is -4.04. The quantitative estimate of drug-likeness (QED) is 0.245. The third-order valence-electron chi connectivity index (χ3n) is 5.64. The van der Waals surface area contributed by atoms with Crippen LogP contribution >= 0.6 is 0 Å². The van der Waals surface area contributed by atoms with E-state index in [2.05, 4.69) is 10.6 Å². The predicted molar refractivity (Wildman–Crippen MR) is 143 cm³/mol. The summed E-state index contributed by atoms with van der Waals surface area (Å²) in [5.41, 5.74) is 2.04. The first kappa shape index (κ1) is 26.4. The molecule has 0 aliphatic carbocycles. The summed E-state index contributed by atoms with van der Waals surface area (Å²) in [7, 11) is -4.04. The van der Waals surface area contributed by atoms with Crippen LogP contribution in [0.5, 0.6) is 0 Å². The van der Waals surface area contributed by atoms with Gasteiger partial charge in [0.05, 0.1) is 21.8 Å². The normalized spacial score (nSPS) is 11.0. The molecule has 192 valence electrons. The first-order valence-corrected chi connectivity index (χ1v) is 13.2. The molecule has 4 rings (SSSR count). The summed E-state index contributed by atoms with van der Waals surface area (Å²) in [5.74, 6) is -3.24. The van der Waals surface area contributed by atoms with Crippen molar-refractivity contribution in [2.75, 3.05) is 16.4 Å². The maximum absolute atomic E-state index is 13.2. The van der Waals surface area contributed by atoms with Crippen molar-refractivity contribution in [1.29, 1.82) is 0 Å². The van der Waals surface area contributed by atoms with Crippen LogP contribution in [0.1, 0.15) is 31.8 Å². The van der Waals surface area contributed by atoms with Gasteiger partial charge >= 0.3 is 0 Å². The van der Waals surface area contributed by atoms with Crippen LogP contribution in [0, 0.1) is 12.7 Å². The highest BCUT2D eigenvalue weighted by atomic mass is 32.2. The van der Waals surface area contributed by atoms with Gasteiger partial charge in [-0.15, -0.1) is 0 Å². The second kappa shape index (κ2) is 11.2. The molecule has 7 nitrogen and oxygen atoms in total. The highest BCUT2D eigenvalue weighted by Crippen LogP contribution is 2.24. The first-order chi connectivity index (χ1) is 18.1. The van der Waals surface area contributed by atoms with Crippen LogP contribution in [0.3, 0.4) is 0 Å². The molecule has 0 aromatic heterocycles. The SMILES string of the molecule is Cc1ccc(NC(=O)c2ccccc2NC(=O)CS(=O)(=O)c2ccc(F)cc2)c(C(=O)c2ccccc2)c1. The average molecular weight is 531 g/mol. The third kappa shape index (κ3) is 6.19. The Morgan fingerprint density at radius 1 is 0.737 bits per heavy atom. The minimum Gasteiger partial charge on any atom is -0.324 e. The molecule has 4 aromatic carbocycles. The van der Waals surface area contributed by atoms with E-state index in [0.29, 0.717) is 11.1 Å². The molecule has 0 aliphatic heterocycles. The minimum absolute atomic E-state index is 0.0683. The van der Waals surface area contributed by atoms with Gasteiger partial charge in [-0.2, -0.15) is 0 Å². The molecule has 0 radical (unpaired) electrons. The Hall–Kier alpha value is -4.63. The lowest BCUT2D eigenvalue weighted by Gasteiger charge is -2.14. The Morgan fingerprint density at radius 3 is 2.08 bits per heavy atom. The van der Waals surface area contributed by atoms with Crippen molar-refractivity contribution in [3.63, 3.8) is 0 Å². The molecule has 0 saturated heterocycles. The third-order valence-corrected chi connectivity index (χ3v) is 7.28. The number of anilines is 2. The molecule has 0 bridgehead atoms. The molecule has 4 aromatic rings. The van der Waals surface area contributed by atoms with E-state index >= 15 is 0 Å².